The minimum absolute atomic E-state index is 0.0788. The van der Waals surface area contributed by atoms with Crippen molar-refractivity contribution in [2.75, 3.05) is 13.7 Å². The minimum Gasteiger partial charge on any atom is -0.493 e. The van der Waals surface area contributed by atoms with Crippen molar-refractivity contribution in [3.63, 3.8) is 0 Å². The summed E-state index contributed by atoms with van der Waals surface area (Å²) in [5.41, 5.74) is 0.128. The molecule has 1 amide bonds. The summed E-state index contributed by atoms with van der Waals surface area (Å²) in [7, 11) is 1.51. The van der Waals surface area contributed by atoms with E-state index >= 15 is 0 Å². The molecule has 1 aromatic heterocycles. The third kappa shape index (κ3) is 4.62. The maximum atomic E-state index is 12.0. The molecule has 1 atom stereocenters. The van der Waals surface area contributed by atoms with Crippen molar-refractivity contribution in [3.05, 3.63) is 40.7 Å². The number of carbonyl (C=O) groups is 1. The van der Waals surface area contributed by atoms with Crippen LogP contribution >= 0.6 is 11.6 Å². The highest BCUT2D eigenvalue weighted by molar-refractivity contribution is 6.30. The maximum absolute atomic E-state index is 12.0. The molecule has 7 nitrogen and oxygen atoms in total. The summed E-state index contributed by atoms with van der Waals surface area (Å²) in [6.45, 7) is 1.81. The van der Waals surface area contributed by atoms with E-state index in [1.165, 1.54) is 13.2 Å². The number of aliphatic hydroxyl groups is 1. The van der Waals surface area contributed by atoms with E-state index < -0.39 is 5.91 Å². The van der Waals surface area contributed by atoms with E-state index in [-0.39, 0.29) is 24.9 Å². The second kappa shape index (κ2) is 8.56. The molecule has 1 heterocycles. The van der Waals surface area contributed by atoms with Crippen molar-refractivity contribution in [1.82, 2.24) is 10.5 Å². The van der Waals surface area contributed by atoms with Gasteiger partial charge in [-0.15, -0.1) is 0 Å². The van der Waals surface area contributed by atoms with Gasteiger partial charge in [-0.1, -0.05) is 23.7 Å². The molecule has 0 aliphatic heterocycles. The molecule has 2 N–H and O–H groups in total. The van der Waals surface area contributed by atoms with Gasteiger partial charge in [-0.3, -0.25) is 4.79 Å². The van der Waals surface area contributed by atoms with Crippen molar-refractivity contribution in [1.29, 1.82) is 0 Å². The standard InChI is InChI=1S/C16H19ClN2O5/c1-3-11(8-20)18-16(21)13-7-12(24-19-13)9-23-14-5-4-10(17)6-15(14)22-2/h4-7,11,20H,3,8-9H2,1-2H3,(H,18,21)/t11-/m0/s1. The van der Waals surface area contributed by atoms with Crippen molar-refractivity contribution >= 4 is 17.5 Å². The van der Waals surface area contributed by atoms with E-state index in [9.17, 15) is 4.79 Å². The molecule has 2 aromatic rings. The van der Waals surface area contributed by atoms with E-state index in [1.807, 2.05) is 6.92 Å². The fraction of sp³-hybridized carbons (Fsp3) is 0.375. The molecule has 0 bridgehead atoms. The first kappa shape index (κ1) is 18.1. The van der Waals surface area contributed by atoms with Gasteiger partial charge in [0.1, 0.15) is 6.61 Å². The van der Waals surface area contributed by atoms with Crippen molar-refractivity contribution < 1.29 is 23.9 Å². The second-order valence-electron chi connectivity index (χ2n) is 5.02. The number of hydrogen-bond donors (Lipinski definition) is 2. The van der Waals surface area contributed by atoms with Crippen LogP contribution in [0.2, 0.25) is 5.02 Å². The normalized spacial score (nSPS) is 11.8. The van der Waals surface area contributed by atoms with E-state index in [2.05, 4.69) is 10.5 Å². The molecular formula is C16H19ClN2O5. The Morgan fingerprint density at radius 2 is 2.21 bits per heavy atom. The van der Waals surface area contributed by atoms with E-state index in [0.717, 1.165) is 0 Å². The second-order valence-corrected chi connectivity index (χ2v) is 5.46. The lowest BCUT2D eigenvalue weighted by atomic mass is 10.2. The molecule has 0 saturated heterocycles. The highest BCUT2D eigenvalue weighted by atomic mass is 35.5. The predicted molar refractivity (Wildman–Crippen MR) is 87.5 cm³/mol. The van der Waals surface area contributed by atoms with Gasteiger partial charge in [-0.05, 0) is 18.6 Å². The smallest absolute Gasteiger partial charge is 0.273 e. The van der Waals surface area contributed by atoms with E-state index in [4.69, 9.17) is 30.7 Å². The van der Waals surface area contributed by atoms with Gasteiger partial charge in [0.05, 0.1) is 19.8 Å². The summed E-state index contributed by atoms with van der Waals surface area (Å²) in [5, 5.41) is 16.0. The van der Waals surface area contributed by atoms with Crippen molar-refractivity contribution in [2.45, 2.75) is 26.0 Å². The monoisotopic (exact) mass is 354 g/mol. The van der Waals surface area contributed by atoms with Gasteiger partial charge in [-0.2, -0.15) is 0 Å². The highest BCUT2D eigenvalue weighted by Gasteiger charge is 2.16. The number of nitrogens with one attached hydrogen (secondary N) is 1. The summed E-state index contributed by atoms with van der Waals surface area (Å²) >= 11 is 5.89. The summed E-state index contributed by atoms with van der Waals surface area (Å²) in [6.07, 6.45) is 0.617. The third-order valence-electron chi connectivity index (χ3n) is 3.34. The molecule has 0 fully saturated rings. The summed E-state index contributed by atoms with van der Waals surface area (Å²) in [6, 6.07) is 6.17. The Labute approximate surface area is 144 Å². The Bertz CT molecular complexity index is 685. The number of methoxy groups -OCH3 is 1. The van der Waals surface area contributed by atoms with Crippen LogP contribution in [-0.4, -0.2) is 35.9 Å². The van der Waals surface area contributed by atoms with Crippen LogP contribution in [0.25, 0.3) is 0 Å². The number of amides is 1. The molecular weight excluding hydrogens is 336 g/mol. The first-order valence-corrected chi connectivity index (χ1v) is 7.78. The molecule has 0 saturated carbocycles. The summed E-state index contributed by atoms with van der Waals surface area (Å²) in [4.78, 5) is 12.0. The first-order chi connectivity index (χ1) is 11.6. The minimum atomic E-state index is -0.407. The van der Waals surface area contributed by atoms with Crippen LogP contribution in [0.4, 0.5) is 0 Å². The number of hydrogen-bond acceptors (Lipinski definition) is 6. The van der Waals surface area contributed by atoms with Crippen LogP contribution in [0.1, 0.15) is 29.6 Å². The lowest BCUT2D eigenvalue weighted by molar-refractivity contribution is 0.0905. The molecule has 24 heavy (non-hydrogen) atoms. The molecule has 0 spiro atoms. The number of ether oxygens (including phenoxy) is 2. The zero-order valence-corrected chi connectivity index (χ0v) is 14.2. The van der Waals surface area contributed by atoms with Crippen LogP contribution in [0.15, 0.2) is 28.8 Å². The SMILES string of the molecule is CC[C@@H](CO)NC(=O)c1cc(COc2ccc(Cl)cc2OC)on1. The Kier molecular flexibility index (Phi) is 6.45. The Hall–Kier alpha value is -2.25. The number of carbonyl (C=O) groups excluding carboxylic acids is 1. The molecule has 0 aliphatic rings. The number of aliphatic hydroxyl groups excluding tert-OH is 1. The molecule has 0 aliphatic carbocycles. The lowest BCUT2D eigenvalue weighted by Gasteiger charge is -2.12. The molecule has 130 valence electrons. The van der Waals surface area contributed by atoms with E-state index in [1.54, 1.807) is 18.2 Å². The third-order valence-corrected chi connectivity index (χ3v) is 3.57. The Morgan fingerprint density at radius 3 is 2.88 bits per heavy atom. The zero-order valence-electron chi connectivity index (χ0n) is 13.4. The summed E-state index contributed by atoms with van der Waals surface area (Å²) in [5.74, 6) is 0.966. The topological polar surface area (TPSA) is 93.8 Å². The van der Waals surface area contributed by atoms with E-state index in [0.29, 0.717) is 28.7 Å². The van der Waals surface area contributed by atoms with Gasteiger partial charge in [0.2, 0.25) is 0 Å². The van der Waals surface area contributed by atoms with Crippen molar-refractivity contribution in [3.8, 4) is 11.5 Å². The van der Waals surface area contributed by atoms with Crippen LogP contribution in [0.3, 0.4) is 0 Å². The number of nitrogens with zero attached hydrogens (tertiary/aromatic N) is 1. The van der Waals surface area contributed by atoms with Crippen LogP contribution in [-0.2, 0) is 6.61 Å². The van der Waals surface area contributed by atoms with Crippen LogP contribution < -0.4 is 14.8 Å². The van der Waals surface area contributed by atoms with Crippen LogP contribution in [0, 0.1) is 0 Å². The van der Waals surface area contributed by atoms with Gasteiger partial charge < -0.3 is 24.4 Å². The first-order valence-electron chi connectivity index (χ1n) is 7.41. The van der Waals surface area contributed by atoms with Gasteiger partial charge in [0.25, 0.3) is 5.91 Å². The number of halogens is 1. The van der Waals surface area contributed by atoms with Gasteiger partial charge in [0, 0.05) is 17.2 Å². The molecule has 2 rings (SSSR count). The molecule has 1 aromatic carbocycles. The van der Waals surface area contributed by atoms with Crippen molar-refractivity contribution in [2.24, 2.45) is 0 Å². The van der Waals surface area contributed by atoms with Gasteiger partial charge in [-0.25, -0.2) is 0 Å². The largest absolute Gasteiger partial charge is 0.493 e. The Balaban J connectivity index is 1.98. The number of benzene rings is 1. The fourth-order valence-electron chi connectivity index (χ4n) is 1.93. The molecule has 0 unspecified atom stereocenters. The number of rotatable bonds is 8. The number of aromatic nitrogens is 1. The maximum Gasteiger partial charge on any atom is 0.273 e. The van der Waals surface area contributed by atoms with Crippen LogP contribution in [0.5, 0.6) is 11.5 Å². The zero-order chi connectivity index (χ0) is 17.5. The average Bonchev–Trinajstić information content (AvgIpc) is 3.07. The molecule has 0 radical (unpaired) electrons. The molecule has 8 heteroatoms. The summed E-state index contributed by atoms with van der Waals surface area (Å²) < 4.78 is 15.9. The Morgan fingerprint density at radius 1 is 1.42 bits per heavy atom. The quantitative estimate of drug-likeness (QED) is 0.756. The fourth-order valence-corrected chi connectivity index (χ4v) is 2.10. The van der Waals surface area contributed by atoms with Gasteiger partial charge >= 0.3 is 0 Å². The lowest BCUT2D eigenvalue weighted by Crippen LogP contribution is -2.37. The average molecular weight is 355 g/mol. The predicted octanol–water partition coefficient (Wildman–Crippen LogP) is 2.42. The van der Waals surface area contributed by atoms with Gasteiger partial charge in [0.15, 0.2) is 23.0 Å². The highest BCUT2D eigenvalue weighted by Crippen LogP contribution is 2.30.